The smallest absolute Gasteiger partial charge is 0.167 e. The number of aromatic nitrogens is 4. The van der Waals surface area contributed by atoms with Crippen LogP contribution < -0.4 is 0 Å². The lowest BCUT2D eigenvalue weighted by atomic mass is 9.74. The fourth-order valence-corrected chi connectivity index (χ4v) is 3.44. The molecule has 4 nitrogen and oxygen atoms in total. The Balaban J connectivity index is 2.08. The average Bonchev–Trinajstić information content (AvgIpc) is 2.89. The van der Waals surface area contributed by atoms with Gasteiger partial charge in [-0.25, -0.2) is 15.0 Å². The van der Waals surface area contributed by atoms with Crippen LogP contribution in [0.4, 0.5) is 0 Å². The van der Waals surface area contributed by atoms with Crippen molar-refractivity contribution in [2.75, 3.05) is 0 Å². The molecule has 2 heterocycles. The highest BCUT2D eigenvalue weighted by Gasteiger charge is 2.40. The highest BCUT2D eigenvalue weighted by Crippen LogP contribution is 2.49. The van der Waals surface area contributed by atoms with Gasteiger partial charge in [-0.1, -0.05) is 33.8 Å². The summed E-state index contributed by atoms with van der Waals surface area (Å²) in [6.07, 6.45) is 8.69. The zero-order chi connectivity index (χ0) is 13.6. The SMILES string of the molecule is CC(C)C1CC=C(n2cnc3cncnc32)C1(C)C. The van der Waals surface area contributed by atoms with Gasteiger partial charge in [-0.2, -0.15) is 0 Å². The first-order chi connectivity index (χ1) is 9.01. The van der Waals surface area contributed by atoms with Crippen LogP contribution in [0, 0.1) is 17.3 Å². The molecule has 3 rings (SSSR count). The topological polar surface area (TPSA) is 43.6 Å². The van der Waals surface area contributed by atoms with Crippen molar-refractivity contribution < 1.29 is 0 Å². The van der Waals surface area contributed by atoms with Crippen LogP contribution in [-0.4, -0.2) is 19.5 Å². The summed E-state index contributed by atoms with van der Waals surface area (Å²) in [4.78, 5) is 12.8. The summed E-state index contributed by atoms with van der Waals surface area (Å²) in [5.74, 6) is 1.34. The number of allylic oxidation sites excluding steroid dienone is 2. The zero-order valence-corrected chi connectivity index (χ0v) is 12.0. The molecule has 1 unspecified atom stereocenters. The molecule has 0 aliphatic heterocycles. The molecule has 0 amide bonds. The summed E-state index contributed by atoms with van der Waals surface area (Å²) >= 11 is 0. The highest BCUT2D eigenvalue weighted by atomic mass is 15.1. The molecular weight excluding hydrogens is 236 g/mol. The molecule has 0 bridgehead atoms. The van der Waals surface area contributed by atoms with E-state index < -0.39 is 0 Å². The summed E-state index contributed by atoms with van der Waals surface area (Å²) in [7, 11) is 0. The standard InChI is InChI=1S/C15H20N4/c1-10(2)11-5-6-13(15(11,3)4)19-9-18-12-7-16-8-17-14(12)19/h6-11H,5H2,1-4H3. The van der Waals surface area contributed by atoms with Crippen LogP contribution in [0.1, 0.15) is 34.1 Å². The van der Waals surface area contributed by atoms with E-state index in [0.29, 0.717) is 11.8 Å². The number of fused-ring (bicyclic) bond motifs is 1. The Kier molecular flexibility index (Phi) is 2.69. The van der Waals surface area contributed by atoms with Gasteiger partial charge in [0.25, 0.3) is 0 Å². The van der Waals surface area contributed by atoms with Crippen LogP contribution in [0.2, 0.25) is 0 Å². The van der Waals surface area contributed by atoms with E-state index in [1.165, 1.54) is 5.70 Å². The molecule has 1 atom stereocenters. The molecule has 0 radical (unpaired) electrons. The van der Waals surface area contributed by atoms with Crippen molar-refractivity contribution >= 4 is 16.9 Å². The summed E-state index contributed by atoms with van der Waals surface area (Å²) in [5, 5.41) is 0. The van der Waals surface area contributed by atoms with Gasteiger partial charge in [0.05, 0.1) is 6.20 Å². The number of hydrogen-bond acceptors (Lipinski definition) is 3. The third-order valence-corrected chi connectivity index (χ3v) is 4.43. The molecule has 0 saturated carbocycles. The molecule has 1 aliphatic carbocycles. The predicted octanol–water partition coefficient (Wildman–Crippen LogP) is 3.37. The van der Waals surface area contributed by atoms with Crippen LogP contribution >= 0.6 is 0 Å². The maximum atomic E-state index is 4.40. The monoisotopic (exact) mass is 256 g/mol. The minimum absolute atomic E-state index is 0.146. The molecule has 0 saturated heterocycles. The second-order valence-corrected chi connectivity index (χ2v) is 6.24. The Labute approximate surface area is 113 Å². The van der Waals surface area contributed by atoms with E-state index in [9.17, 15) is 0 Å². The second kappa shape index (κ2) is 4.15. The Morgan fingerprint density at radius 1 is 1.32 bits per heavy atom. The molecule has 0 aromatic carbocycles. The van der Waals surface area contributed by atoms with E-state index in [1.807, 2.05) is 6.33 Å². The van der Waals surface area contributed by atoms with Crippen molar-refractivity contribution in [1.29, 1.82) is 0 Å². The van der Waals surface area contributed by atoms with Crippen LogP contribution in [0.25, 0.3) is 16.9 Å². The maximum absolute atomic E-state index is 4.40. The van der Waals surface area contributed by atoms with Gasteiger partial charge in [-0.05, 0) is 18.3 Å². The quantitative estimate of drug-likeness (QED) is 0.827. The van der Waals surface area contributed by atoms with Crippen molar-refractivity contribution in [3.63, 3.8) is 0 Å². The van der Waals surface area contributed by atoms with Gasteiger partial charge in [-0.15, -0.1) is 0 Å². The predicted molar refractivity (Wildman–Crippen MR) is 76.3 cm³/mol. The lowest BCUT2D eigenvalue weighted by Crippen LogP contribution is -2.26. The van der Waals surface area contributed by atoms with Gasteiger partial charge in [0.2, 0.25) is 0 Å². The van der Waals surface area contributed by atoms with Crippen LogP contribution in [0.5, 0.6) is 0 Å². The first-order valence-corrected chi connectivity index (χ1v) is 6.86. The molecule has 1 aliphatic rings. The van der Waals surface area contributed by atoms with Crippen LogP contribution in [0.15, 0.2) is 24.9 Å². The van der Waals surface area contributed by atoms with E-state index in [-0.39, 0.29) is 5.41 Å². The van der Waals surface area contributed by atoms with Crippen molar-refractivity contribution in [2.45, 2.75) is 34.1 Å². The van der Waals surface area contributed by atoms with Gasteiger partial charge in [-0.3, -0.25) is 4.57 Å². The number of imidazole rings is 1. The molecule has 4 heteroatoms. The first kappa shape index (κ1) is 12.3. The number of nitrogens with zero attached hydrogens (tertiary/aromatic N) is 4. The fourth-order valence-electron chi connectivity index (χ4n) is 3.44. The molecular formula is C15H20N4. The van der Waals surface area contributed by atoms with Gasteiger partial charge < -0.3 is 0 Å². The second-order valence-electron chi connectivity index (χ2n) is 6.24. The fraction of sp³-hybridized carbons (Fsp3) is 0.533. The molecule has 0 N–H and O–H groups in total. The summed E-state index contributed by atoms with van der Waals surface area (Å²) in [6, 6.07) is 0. The van der Waals surface area contributed by atoms with Gasteiger partial charge in [0.15, 0.2) is 5.65 Å². The van der Waals surface area contributed by atoms with E-state index in [2.05, 4.69) is 53.3 Å². The van der Waals surface area contributed by atoms with Crippen molar-refractivity contribution in [1.82, 2.24) is 19.5 Å². The molecule has 19 heavy (non-hydrogen) atoms. The molecule has 0 fully saturated rings. The number of hydrogen-bond donors (Lipinski definition) is 0. The van der Waals surface area contributed by atoms with Crippen LogP contribution in [-0.2, 0) is 0 Å². The minimum Gasteiger partial charge on any atom is -0.287 e. The van der Waals surface area contributed by atoms with E-state index >= 15 is 0 Å². The normalized spacial score (nSPS) is 22.2. The zero-order valence-electron chi connectivity index (χ0n) is 12.0. The third kappa shape index (κ3) is 1.78. The minimum atomic E-state index is 0.146. The first-order valence-electron chi connectivity index (χ1n) is 6.86. The van der Waals surface area contributed by atoms with E-state index in [4.69, 9.17) is 0 Å². The maximum Gasteiger partial charge on any atom is 0.167 e. The summed E-state index contributed by atoms with van der Waals surface area (Å²) < 4.78 is 2.12. The average molecular weight is 256 g/mol. The van der Waals surface area contributed by atoms with Gasteiger partial charge in [0.1, 0.15) is 18.2 Å². The molecule has 0 spiro atoms. The Bertz CT molecular complexity index is 636. The molecule has 100 valence electrons. The largest absolute Gasteiger partial charge is 0.287 e. The van der Waals surface area contributed by atoms with E-state index in [0.717, 1.165) is 17.6 Å². The summed E-state index contributed by atoms with van der Waals surface area (Å²) in [6.45, 7) is 9.25. The van der Waals surface area contributed by atoms with Gasteiger partial charge >= 0.3 is 0 Å². The lowest BCUT2D eigenvalue weighted by molar-refractivity contribution is 0.236. The van der Waals surface area contributed by atoms with Gasteiger partial charge in [0, 0.05) is 11.1 Å². The van der Waals surface area contributed by atoms with Crippen LogP contribution in [0.3, 0.4) is 0 Å². The Hall–Kier alpha value is -1.71. The number of rotatable bonds is 2. The van der Waals surface area contributed by atoms with E-state index in [1.54, 1.807) is 12.5 Å². The van der Waals surface area contributed by atoms with Crippen molar-refractivity contribution in [3.8, 4) is 0 Å². The highest BCUT2D eigenvalue weighted by molar-refractivity contribution is 5.75. The Morgan fingerprint density at radius 2 is 2.11 bits per heavy atom. The third-order valence-electron chi connectivity index (χ3n) is 4.43. The molecule has 2 aromatic heterocycles. The van der Waals surface area contributed by atoms with Crippen molar-refractivity contribution in [2.24, 2.45) is 17.3 Å². The summed E-state index contributed by atoms with van der Waals surface area (Å²) in [5.41, 5.74) is 3.21. The Morgan fingerprint density at radius 3 is 2.79 bits per heavy atom. The van der Waals surface area contributed by atoms with Crippen molar-refractivity contribution in [3.05, 3.63) is 24.9 Å². The lowest BCUT2D eigenvalue weighted by Gasteiger charge is -2.33. The molecule has 2 aromatic rings.